The summed E-state index contributed by atoms with van der Waals surface area (Å²) in [7, 11) is -3.92. The Morgan fingerprint density at radius 2 is 1.81 bits per heavy atom. The molecule has 31 heavy (non-hydrogen) atoms. The molecule has 1 amide bonds. The molecule has 0 radical (unpaired) electrons. The van der Waals surface area contributed by atoms with Crippen molar-refractivity contribution in [3.8, 4) is 5.75 Å². The molecule has 1 aromatic rings. The van der Waals surface area contributed by atoms with Gasteiger partial charge in [-0.15, -0.1) is 0 Å². The van der Waals surface area contributed by atoms with Gasteiger partial charge in [0, 0.05) is 18.9 Å². The number of nitrogens with zero attached hydrogens (tertiary/aromatic N) is 1. The standard InChI is InChI=1S/C24H39NO4Si2/c1-16(29-31(8,9)24(2,3)4)22-18(25(23(22)27)30(5,6)7)15-19(26)21-14-17-12-10-11-13-20(17)28-21/h10-13,16,18,21-22H,14-15H2,1-9H3/t16-,18-,21-,22-/m1/s1. The number of β-lactam (4-membered cyclic amide) rings is 1. The Morgan fingerprint density at radius 1 is 1.19 bits per heavy atom. The molecule has 0 spiro atoms. The van der Waals surface area contributed by atoms with Gasteiger partial charge in [-0.05, 0) is 36.7 Å². The van der Waals surface area contributed by atoms with Crippen LogP contribution in [0, 0.1) is 5.92 Å². The van der Waals surface area contributed by atoms with Crippen molar-refractivity contribution in [2.24, 2.45) is 5.92 Å². The first-order valence-electron chi connectivity index (χ1n) is 11.4. The fourth-order valence-electron chi connectivity index (χ4n) is 4.54. The Balaban J connectivity index is 1.76. The van der Waals surface area contributed by atoms with Crippen molar-refractivity contribution in [3.63, 3.8) is 0 Å². The third-order valence-electron chi connectivity index (χ3n) is 7.20. The molecule has 2 aliphatic heterocycles. The van der Waals surface area contributed by atoms with E-state index in [0.717, 1.165) is 11.3 Å². The highest BCUT2D eigenvalue weighted by molar-refractivity contribution is 6.76. The van der Waals surface area contributed by atoms with Crippen LogP contribution in [-0.4, -0.2) is 51.1 Å². The van der Waals surface area contributed by atoms with E-state index in [1.54, 1.807) is 0 Å². The van der Waals surface area contributed by atoms with Crippen LogP contribution in [0.15, 0.2) is 24.3 Å². The van der Waals surface area contributed by atoms with Crippen molar-refractivity contribution in [1.82, 2.24) is 4.57 Å². The molecule has 172 valence electrons. The number of fused-ring (bicyclic) bond motifs is 1. The summed E-state index contributed by atoms with van der Waals surface area (Å²) in [5, 5.41) is 0.0707. The first-order valence-corrected chi connectivity index (χ1v) is 17.8. The number of benzene rings is 1. The summed E-state index contributed by atoms with van der Waals surface area (Å²) in [6, 6.07) is 7.74. The van der Waals surface area contributed by atoms with Crippen molar-refractivity contribution in [2.45, 2.75) is 96.6 Å². The number of hydrogen-bond donors (Lipinski definition) is 0. The van der Waals surface area contributed by atoms with E-state index in [-0.39, 0.29) is 34.8 Å². The van der Waals surface area contributed by atoms with Gasteiger partial charge in [0.05, 0.1) is 12.0 Å². The summed E-state index contributed by atoms with van der Waals surface area (Å²) in [5.74, 6) is 0.785. The van der Waals surface area contributed by atoms with Crippen LogP contribution in [0.1, 0.15) is 39.7 Å². The van der Waals surface area contributed by atoms with E-state index < -0.39 is 22.7 Å². The van der Waals surface area contributed by atoms with Gasteiger partial charge < -0.3 is 13.7 Å². The van der Waals surface area contributed by atoms with E-state index in [1.165, 1.54) is 0 Å². The zero-order valence-corrected chi connectivity index (χ0v) is 22.6. The number of carbonyl (C=O) groups excluding carboxylic acids is 2. The maximum atomic E-state index is 13.2. The molecule has 0 bridgehead atoms. The average molecular weight is 462 g/mol. The number of carbonyl (C=O) groups is 2. The van der Waals surface area contributed by atoms with Crippen LogP contribution in [0.25, 0.3) is 0 Å². The number of ketones is 1. The SMILES string of the molecule is C[C@@H](O[Si](C)(C)C(C)(C)C)[C@H]1C(=O)N([Si](C)(C)C)[C@@H]1CC(=O)[C@H]1Cc2ccccc2O1. The van der Waals surface area contributed by atoms with Crippen molar-refractivity contribution < 1.29 is 18.8 Å². The van der Waals surface area contributed by atoms with Crippen molar-refractivity contribution >= 4 is 28.2 Å². The summed E-state index contributed by atoms with van der Waals surface area (Å²) in [4.78, 5) is 26.5. The van der Waals surface area contributed by atoms with Gasteiger partial charge >= 0.3 is 0 Å². The zero-order chi connectivity index (χ0) is 23.4. The van der Waals surface area contributed by atoms with Crippen LogP contribution < -0.4 is 4.74 Å². The molecule has 1 fully saturated rings. The van der Waals surface area contributed by atoms with Gasteiger partial charge in [-0.25, -0.2) is 0 Å². The van der Waals surface area contributed by atoms with Crippen LogP contribution in [0.4, 0.5) is 0 Å². The molecule has 2 heterocycles. The molecule has 1 aromatic carbocycles. The molecule has 0 unspecified atom stereocenters. The van der Waals surface area contributed by atoms with E-state index in [0.29, 0.717) is 12.8 Å². The Hall–Kier alpha value is -1.45. The van der Waals surface area contributed by atoms with Crippen molar-refractivity contribution in [1.29, 1.82) is 0 Å². The molecular weight excluding hydrogens is 422 g/mol. The van der Waals surface area contributed by atoms with Crippen LogP contribution >= 0.6 is 0 Å². The van der Waals surface area contributed by atoms with E-state index in [9.17, 15) is 9.59 Å². The molecule has 0 N–H and O–H groups in total. The Kier molecular flexibility index (Phi) is 6.37. The molecular formula is C24H39NO4Si2. The quantitative estimate of drug-likeness (QED) is 0.422. The van der Waals surface area contributed by atoms with Gasteiger partial charge in [0.25, 0.3) is 0 Å². The van der Waals surface area contributed by atoms with E-state index in [1.807, 2.05) is 35.8 Å². The second kappa shape index (κ2) is 8.16. The minimum atomic E-state index is -2.02. The van der Waals surface area contributed by atoms with E-state index in [4.69, 9.17) is 9.16 Å². The highest BCUT2D eigenvalue weighted by atomic mass is 28.4. The van der Waals surface area contributed by atoms with Gasteiger partial charge in [-0.3, -0.25) is 9.59 Å². The number of Topliss-reactive ketones (excluding diaryl/α,β-unsaturated/α-hetero) is 1. The largest absolute Gasteiger partial charge is 0.482 e. The summed E-state index contributed by atoms with van der Waals surface area (Å²) >= 11 is 0. The van der Waals surface area contributed by atoms with Gasteiger partial charge in [0.15, 0.2) is 28.4 Å². The second-order valence-corrected chi connectivity index (χ2v) is 21.2. The molecule has 4 atom stereocenters. The molecule has 0 saturated carbocycles. The second-order valence-electron chi connectivity index (χ2n) is 11.6. The molecule has 0 aliphatic carbocycles. The maximum Gasteiger partial charge on any atom is 0.222 e. The number of rotatable bonds is 7. The lowest BCUT2D eigenvalue weighted by Crippen LogP contribution is -2.72. The van der Waals surface area contributed by atoms with Gasteiger partial charge in [0.2, 0.25) is 5.91 Å². The zero-order valence-electron chi connectivity index (χ0n) is 20.6. The normalized spacial score (nSPS) is 25.0. The minimum Gasteiger partial charge on any atom is -0.482 e. The summed E-state index contributed by atoms with van der Waals surface area (Å²) in [6.07, 6.45) is 0.308. The summed E-state index contributed by atoms with van der Waals surface area (Å²) in [6.45, 7) is 19.6. The number of amides is 1. The minimum absolute atomic E-state index is 0.0707. The van der Waals surface area contributed by atoms with Crippen LogP contribution in [0.2, 0.25) is 37.8 Å². The molecule has 3 rings (SSSR count). The fraction of sp³-hybridized carbons (Fsp3) is 0.667. The highest BCUT2D eigenvalue weighted by Gasteiger charge is 2.56. The third-order valence-corrected chi connectivity index (χ3v) is 13.8. The molecule has 1 saturated heterocycles. The number of hydrogen-bond acceptors (Lipinski definition) is 4. The highest BCUT2D eigenvalue weighted by Crippen LogP contribution is 2.43. The first kappa shape index (κ1) is 24.2. The number of para-hydroxylation sites is 1. The van der Waals surface area contributed by atoms with E-state index in [2.05, 4.69) is 53.5 Å². The lowest BCUT2D eigenvalue weighted by molar-refractivity contribution is -0.155. The first-order chi connectivity index (χ1) is 14.1. The van der Waals surface area contributed by atoms with Crippen molar-refractivity contribution in [3.05, 3.63) is 29.8 Å². The molecule has 0 aromatic heterocycles. The smallest absolute Gasteiger partial charge is 0.222 e. The monoisotopic (exact) mass is 461 g/mol. The van der Waals surface area contributed by atoms with Gasteiger partial charge in [-0.1, -0.05) is 58.6 Å². The lowest BCUT2D eigenvalue weighted by Gasteiger charge is -2.56. The summed E-state index contributed by atoms with van der Waals surface area (Å²) < 4.78 is 14.5. The Bertz CT molecular complexity index is 831. The van der Waals surface area contributed by atoms with Gasteiger partial charge in [-0.2, -0.15) is 0 Å². The fourth-order valence-corrected chi connectivity index (χ4v) is 8.03. The van der Waals surface area contributed by atoms with Crippen LogP contribution in [0.5, 0.6) is 5.75 Å². The number of ether oxygens (including phenoxy) is 1. The topological polar surface area (TPSA) is 55.8 Å². The van der Waals surface area contributed by atoms with Crippen LogP contribution in [0.3, 0.4) is 0 Å². The molecule has 5 nitrogen and oxygen atoms in total. The predicted octanol–water partition coefficient (Wildman–Crippen LogP) is 5.02. The Labute approximate surface area is 189 Å². The molecule has 2 aliphatic rings. The maximum absolute atomic E-state index is 13.2. The van der Waals surface area contributed by atoms with E-state index >= 15 is 0 Å². The lowest BCUT2D eigenvalue weighted by atomic mass is 9.82. The third kappa shape index (κ3) is 4.69. The van der Waals surface area contributed by atoms with Crippen molar-refractivity contribution in [2.75, 3.05) is 0 Å². The molecule has 7 heteroatoms. The Morgan fingerprint density at radius 3 is 2.35 bits per heavy atom. The van der Waals surface area contributed by atoms with Crippen LogP contribution in [-0.2, 0) is 20.4 Å². The summed E-state index contributed by atoms with van der Waals surface area (Å²) in [5.41, 5.74) is 1.08. The average Bonchev–Trinajstić information content (AvgIpc) is 3.02. The van der Waals surface area contributed by atoms with Gasteiger partial charge in [0.1, 0.15) is 5.75 Å². The predicted molar refractivity (Wildman–Crippen MR) is 129 cm³/mol.